The van der Waals surface area contributed by atoms with E-state index in [1.54, 1.807) is 24.3 Å². The van der Waals surface area contributed by atoms with Crippen LogP contribution in [0.2, 0.25) is 0 Å². The summed E-state index contributed by atoms with van der Waals surface area (Å²) in [6.07, 6.45) is 2.06. The minimum absolute atomic E-state index is 0.111. The van der Waals surface area contributed by atoms with E-state index in [9.17, 15) is 9.70 Å². The van der Waals surface area contributed by atoms with Crippen LogP contribution in [0, 0.1) is 10.8 Å². The van der Waals surface area contributed by atoms with Gasteiger partial charge in [-0.25, -0.2) is 0 Å². The summed E-state index contributed by atoms with van der Waals surface area (Å²) in [5, 5.41) is 5.76. The van der Waals surface area contributed by atoms with Gasteiger partial charge >= 0.3 is 0 Å². The fraction of sp³-hybridized carbons (Fsp3) is 0.500. The summed E-state index contributed by atoms with van der Waals surface area (Å²) in [6.45, 7) is 4.07. The topological polar surface area (TPSA) is 58.5 Å². The molecular formula is C14H20N2O2. The molecule has 98 valence electrons. The highest BCUT2D eigenvalue weighted by atomic mass is 16.3. The Labute approximate surface area is 108 Å². The molecule has 0 spiro atoms. The number of hydrogen-bond acceptors (Lipinski definition) is 3. The Hall–Kier alpha value is -1.71. The first-order valence-electron chi connectivity index (χ1n) is 6.41. The van der Waals surface area contributed by atoms with Gasteiger partial charge in [-0.3, -0.25) is 4.79 Å². The Bertz CT molecular complexity index is 379. The lowest BCUT2D eigenvalue weighted by Crippen LogP contribution is -2.38. The van der Waals surface area contributed by atoms with Crippen LogP contribution in [0.1, 0.15) is 43.5 Å². The monoisotopic (exact) mass is 248 g/mol. The van der Waals surface area contributed by atoms with Gasteiger partial charge in [0.1, 0.15) is 0 Å². The second-order valence-electron chi connectivity index (χ2n) is 4.35. The summed E-state index contributed by atoms with van der Waals surface area (Å²) >= 11 is 0. The molecule has 1 aromatic carbocycles. The van der Waals surface area contributed by atoms with Gasteiger partial charge in [0.15, 0.2) is 6.17 Å². The van der Waals surface area contributed by atoms with Crippen LogP contribution in [0.5, 0.6) is 0 Å². The van der Waals surface area contributed by atoms with Crippen LogP contribution in [-0.4, -0.2) is 12.1 Å². The number of carbonyl (C=O) groups excluding carboxylic acids is 1. The molecule has 0 saturated carbocycles. The van der Waals surface area contributed by atoms with Crippen molar-refractivity contribution in [2.24, 2.45) is 11.1 Å². The first-order chi connectivity index (χ1) is 8.72. The van der Waals surface area contributed by atoms with E-state index in [0.717, 1.165) is 19.3 Å². The van der Waals surface area contributed by atoms with Gasteiger partial charge in [-0.15, -0.1) is 4.91 Å². The standard InChI is InChI=1S/C14H20N2O2/c1-3-8-11(4-2)13(16-18)15-14(17)12-9-6-5-7-10-12/h5-7,9-11,13H,3-4,8H2,1-2H3,(H,15,17). The highest BCUT2D eigenvalue weighted by molar-refractivity contribution is 5.94. The van der Waals surface area contributed by atoms with Gasteiger partial charge in [0.25, 0.3) is 5.91 Å². The SMILES string of the molecule is CCCC(CC)C(N=O)NC(=O)c1ccccc1. The van der Waals surface area contributed by atoms with Gasteiger partial charge in [-0.2, -0.15) is 0 Å². The van der Waals surface area contributed by atoms with E-state index in [-0.39, 0.29) is 11.8 Å². The van der Waals surface area contributed by atoms with E-state index in [0.29, 0.717) is 5.56 Å². The Balaban J connectivity index is 2.68. The lowest BCUT2D eigenvalue weighted by molar-refractivity contribution is 0.0921. The molecular weight excluding hydrogens is 228 g/mol. The van der Waals surface area contributed by atoms with Crippen molar-refractivity contribution in [2.75, 3.05) is 0 Å². The van der Waals surface area contributed by atoms with Crippen molar-refractivity contribution in [2.45, 2.75) is 39.3 Å². The van der Waals surface area contributed by atoms with E-state index in [4.69, 9.17) is 0 Å². The molecule has 0 bridgehead atoms. The maximum Gasteiger partial charge on any atom is 0.253 e. The Morgan fingerprint density at radius 2 is 1.94 bits per heavy atom. The Kier molecular flexibility index (Phi) is 6.05. The van der Waals surface area contributed by atoms with Gasteiger partial charge in [0.2, 0.25) is 0 Å². The van der Waals surface area contributed by atoms with E-state index in [1.807, 2.05) is 13.0 Å². The fourth-order valence-corrected chi connectivity index (χ4v) is 1.99. The Morgan fingerprint density at radius 3 is 2.44 bits per heavy atom. The van der Waals surface area contributed by atoms with Crippen molar-refractivity contribution in [1.29, 1.82) is 0 Å². The maximum atomic E-state index is 11.9. The van der Waals surface area contributed by atoms with Gasteiger partial charge in [-0.05, 0) is 30.2 Å². The van der Waals surface area contributed by atoms with E-state index < -0.39 is 6.17 Å². The quantitative estimate of drug-likeness (QED) is 0.752. The summed E-state index contributed by atoms with van der Waals surface area (Å²) in [6, 6.07) is 8.87. The molecule has 0 aliphatic heterocycles. The van der Waals surface area contributed by atoms with Crippen LogP contribution in [0.25, 0.3) is 0 Å². The van der Waals surface area contributed by atoms with Gasteiger partial charge in [0, 0.05) is 11.5 Å². The zero-order valence-electron chi connectivity index (χ0n) is 10.9. The van der Waals surface area contributed by atoms with E-state index in [1.165, 1.54) is 0 Å². The number of rotatable bonds is 7. The molecule has 4 heteroatoms. The zero-order chi connectivity index (χ0) is 13.4. The summed E-state index contributed by atoms with van der Waals surface area (Å²) in [5.74, 6) is -0.130. The number of nitrogens with zero attached hydrogens (tertiary/aromatic N) is 1. The molecule has 0 aliphatic carbocycles. The minimum Gasteiger partial charge on any atom is -0.327 e. The summed E-state index contributed by atoms with van der Waals surface area (Å²) in [7, 11) is 0. The second kappa shape index (κ2) is 7.58. The molecule has 1 amide bonds. The average Bonchev–Trinajstić information content (AvgIpc) is 2.43. The third-order valence-electron chi connectivity index (χ3n) is 3.06. The van der Waals surface area contributed by atoms with Crippen LogP contribution < -0.4 is 5.32 Å². The van der Waals surface area contributed by atoms with E-state index in [2.05, 4.69) is 17.4 Å². The number of benzene rings is 1. The highest BCUT2D eigenvalue weighted by Crippen LogP contribution is 2.17. The fourth-order valence-electron chi connectivity index (χ4n) is 1.99. The van der Waals surface area contributed by atoms with Crippen molar-refractivity contribution in [3.05, 3.63) is 40.8 Å². The third-order valence-corrected chi connectivity index (χ3v) is 3.06. The van der Waals surface area contributed by atoms with Crippen molar-refractivity contribution in [3.8, 4) is 0 Å². The predicted octanol–water partition coefficient (Wildman–Crippen LogP) is 3.34. The van der Waals surface area contributed by atoms with Gasteiger partial charge in [0.05, 0.1) is 0 Å². The van der Waals surface area contributed by atoms with Crippen LogP contribution in [0.4, 0.5) is 0 Å². The molecule has 2 unspecified atom stereocenters. The number of nitroso groups, excluding NO2 is 1. The Morgan fingerprint density at radius 1 is 1.28 bits per heavy atom. The normalized spacial score (nSPS) is 13.7. The average molecular weight is 248 g/mol. The van der Waals surface area contributed by atoms with Crippen LogP contribution in [0.3, 0.4) is 0 Å². The van der Waals surface area contributed by atoms with Crippen LogP contribution in [-0.2, 0) is 0 Å². The molecule has 2 atom stereocenters. The maximum absolute atomic E-state index is 11.9. The van der Waals surface area contributed by atoms with E-state index >= 15 is 0 Å². The van der Waals surface area contributed by atoms with Crippen LogP contribution >= 0.6 is 0 Å². The number of carbonyl (C=O) groups is 1. The first kappa shape index (κ1) is 14.4. The van der Waals surface area contributed by atoms with Gasteiger partial charge < -0.3 is 5.32 Å². The summed E-state index contributed by atoms with van der Waals surface area (Å²) < 4.78 is 0. The van der Waals surface area contributed by atoms with Crippen molar-refractivity contribution in [1.82, 2.24) is 5.32 Å². The molecule has 0 radical (unpaired) electrons. The second-order valence-corrected chi connectivity index (χ2v) is 4.35. The van der Waals surface area contributed by atoms with Crippen molar-refractivity contribution in [3.63, 3.8) is 0 Å². The highest BCUT2D eigenvalue weighted by Gasteiger charge is 2.22. The minimum atomic E-state index is -0.636. The molecule has 1 aromatic rings. The number of hydrogen-bond donors (Lipinski definition) is 1. The molecule has 1 N–H and O–H groups in total. The molecule has 0 fully saturated rings. The summed E-state index contributed by atoms with van der Waals surface area (Å²) in [4.78, 5) is 22.8. The zero-order valence-corrected chi connectivity index (χ0v) is 10.9. The smallest absolute Gasteiger partial charge is 0.253 e. The number of nitrogens with one attached hydrogen (secondary N) is 1. The molecule has 0 heterocycles. The third kappa shape index (κ3) is 3.95. The first-order valence-corrected chi connectivity index (χ1v) is 6.41. The van der Waals surface area contributed by atoms with Crippen LogP contribution in [0.15, 0.2) is 35.5 Å². The predicted molar refractivity (Wildman–Crippen MR) is 72.2 cm³/mol. The molecule has 0 aromatic heterocycles. The molecule has 0 aliphatic rings. The molecule has 4 nitrogen and oxygen atoms in total. The summed E-state index contributed by atoms with van der Waals surface area (Å²) in [5.41, 5.74) is 0.553. The molecule has 0 saturated heterocycles. The molecule has 18 heavy (non-hydrogen) atoms. The van der Waals surface area contributed by atoms with Crippen molar-refractivity contribution < 1.29 is 4.79 Å². The lowest BCUT2D eigenvalue weighted by atomic mass is 9.97. The van der Waals surface area contributed by atoms with Crippen molar-refractivity contribution >= 4 is 5.91 Å². The van der Waals surface area contributed by atoms with Gasteiger partial charge in [-0.1, -0.05) is 38.5 Å². The number of amides is 1. The largest absolute Gasteiger partial charge is 0.327 e. The lowest BCUT2D eigenvalue weighted by Gasteiger charge is -2.20. The molecule has 1 rings (SSSR count).